The van der Waals surface area contributed by atoms with Crippen LogP contribution in [0.3, 0.4) is 0 Å². The first kappa shape index (κ1) is 16.8. The van der Waals surface area contributed by atoms with Gasteiger partial charge in [0.2, 0.25) is 16.4 Å². The van der Waals surface area contributed by atoms with Crippen LogP contribution in [-0.2, 0) is 10.0 Å². The van der Waals surface area contributed by atoms with Gasteiger partial charge in [-0.2, -0.15) is 4.31 Å². The van der Waals surface area contributed by atoms with Crippen molar-refractivity contribution in [3.63, 3.8) is 0 Å². The van der Waals surface area contributed by atoms with E-state index in [-0.39, 0.29) is 18.7 Å². The molecule has 122 valence electrons. The first-order valence-corrected chi connectivity index (χ1v) is 7.80. The van der Waals surface area contributed by atoms with Crippen molar-refractivity contribution in [2.45, 2.75) is 24.7 Å². The Morgan fingerprint density at radius 1 is 1.41 bits per heavy atom. The fourth-order valence-corrected chi connectivity index (χ4v) is 4.25. The maximum atomic E-state index is 13.8. The molecule has 22 heavy (non-hydrogen) atoms. The van der Waals surface area contributed by atoms with E-state index in [1.54, 1.807) is 0 Å². The van der Waals surface area contributed by atoms with Gasteiger partial charge in [-0.1, -0.05) is 6.92 Å². The van der Waals surface area contributed by atoms with Gasteiger partial charge in [0.1, 0.15) is 10.7 Å². The lowest BCUT2D eigenvalue weighted by atomic mass is 9.81. The first-order valence-electron chi connectivity index (χ1n) is 6.36. The minimum Gasteiger partial charge on any atom is -0.478 e. The van der Waals surface area contributed by atoms with Gasteiger partial charge >= 0.3 is 5.97 Å². The number of alkyl halides is 2. The highest BCUT2D eigenvalue weighted by molar-refractivity contribution is 7.89. The number of hydrogen-bond donors (Lipinski definition) is 1. The van der Waals surface area contributed by atoms with Gasteiger partial charge < -0.3 is 5.11 Å². The standard InChI is InChI=1S/C13H14F3NO4S/c1-13(5-11(15)16)6-17(7-13)22(20,21)10-3-2-8(12(18)19)4-9(10)14/h2-4,11H,5-7H2,1H3,(H,18,19). The Hall–Kier alpha value is -1.61. The Morgan fingerprint density at radius 3 is 2.45 bits per heavy atom. The second kappa shape index (κ2) is 5.54. The quantitative estimate of drug-likeness (QED) is 0.894. The summed E-state index contributed by atoms with van der Waals surface area (Å²) >= 11 is 0. The summed E-state index contributed by atoms with van der Waals surface area (Å²) in [6.45, 7) is 1.29. The topological polar surface area (TPSA) is 74.7 Å². The Labute approximate surface area is 125 Å². The maximum absolute atomic E-state index is 13.8. The van der Waals surface area contributed by atoms with Crippen molar-refractivity contribution >= 4 is 16.0 Å². The van der Waals surface area contributed by atoms with Gasteiger partial charge in [0.15, 0.2) is 0 Å². The van der Waals surface area contributed by atoms with Crippen molar-refractivity contribution in [2.75, 3.05) is 13.1 Å². The maximum Gasteiger partial charge on any atom is 0.335 e. The Bertz CT molecular complexity index is 699. The van der Waals surface area contributed by atoms with Crippen LogP contribution in [0.5, 0.6) is 0 Å². The number of carboxylic acid groups (broad SMARTS) is 1. The van der Waals surface area contributed by atoms with E-state index in [9.17, 15) is 26.4 Å². The number of aromatic carboxylic acids is 1. The third kappa shape index (κ3) is 3.09. The Kier molecular flexibility index (Phi) is 4.22. The minimum atomic E-state index is -4.16. The molecule has 0 bridgehead atoms. The van der Waals surface area contributed by atoms with E-state index in [1.165, 1.54) is 6.92 Å². The van der Waals surface area contributed by atoms with E-state index < -0.39 is 45.0 Å². The average Bonchev–Trinajstić information content (AvgIpc) is 2.34. The number of nitrogens with zero attached hydrogens (tertiary/aromatic N) is 1. The van der Waals surface area contributed by atoms with E-state index >= 15 is 0 Å². The lowest BCUT2D eigenvalue weighted by Crippen LogP contribution is -2.57. The average molecular weight is 337 g/mol. The van der Waals surface area contributed by atoms with Gasteiger partial charge in [0.05, 0.1) is 5.56 Å². The van der Waals surface area contributed by atoms with Crippen molar-refractivity contribution in [2.24, 2.45) is 5.41 Å². The molecule has 1 N–H and O–H groups in total. The molecule has 1 aromatic carbocycles. The van der Waals surface area contributed by atoms with Crippen LogP contribution in [0.25, 0.3) is 0 Å². The highest BCUT2D eigenvalue weighted by Gasteiger charge is 2.47. The van der Waals surface area contributed by atoms with E-state index in [0.717, 1.165) is 16.4 Å². The van der Waals surface area contributed by atoms with Gasteiger partial charge in [-0.05, 0) is 18.2 Å². The Balaban J connectivity index is 2.21. The molecule has 1 aliphatic rings. The zero-order chi connectivity index (χ0) is 16.7. The summed E-state index contributed by atoms with van der Waals surface area (Å²) in [6, 6.07) is 2.47. The molecular formula is C13H14F3NO4S. The van der Waals surface area contributed by atoms with Gasteiger partial charge in [0.25, 0.3) is 0 Å². The number of carbonyl (C=O) groups is 1. The van der Waals surface area contributed by atoms with Gasteiger partial charge in [-0.25, -0.2) is 26.4 Å². The molecule has 1 fully saturated rings. The van der Waals surface area contributed by atoms with Crippen molar-refractivity contribution in [1.82, 2.24) is 4.31 Å². The summed E-state index contributed by atoms with van der Waals surface area (Å²) in [5.74, 6) is -2.56. The normalized spacial score (nSPS) is 18.2. The summed E-state index contributed by atoms with van der Waals surface area (Å²) in [4.78, 5) is 10.0. The van der Waals surface area contributed by atoms with Crippen LogP contribution in [-0.4, -0.2) is 43.3 Å². The largest absolute Gasteiger partial charge is 0.478 e. The molecule has 0 spiro atoms. The molecule has 9 heteroatoms. The van der Waals surface area contributed by atoms with Crippen LogP contribution in [0, 0.1) is 11.2 Å². The van der Waals surface area contributed by atoms with Crippen LogP contribution in [0.15, 0.2) is 23.1 Å². The summed E-state index contributed by atoms with van der Waals surface area (Å²) in [6.07, 6.45) is -2.97. The fourth-order valence-electron chi connectivity index (χ4n) is 2.46. The molecular weight excluding hydrogens is 323 g/mol. The van der Waals surface area contributed by atoms with E-state index in [4.69, 9.17) is 5.11 Å². The lowest BCUT2D eigenvalue weighted by Gasteiger charge is -2.46. The molecule has 1 aliphatic heterocycles. The number of hydrogen-bond acceptors (Lipinski definition) is 3. The number of carboxylic acids is 1. The van der Waals surface area contributed by atoms with Crippen molar-refractivity contribution < 1.29 is 31.5 Å². The molecule has 1 saturated heterocycles. The molecule has 0 atom stereocenters. The summed E-state index contributed by atoms with van der Waals surface area (Å²) < 4.78 is 64.0. The van der Waals surface area contributed by atoms with Crippen LogP contribution in [0.4, 0.5) is 13.2 Å². The van der Waals surface area contributed by atoms with Crippen LogP contribution in [0.1, 0.15) is 23.7 Å². The predicted octanol–water partition coefficient (Wildman–Crippen LogP) is 2.19. The molecule has 0 aromatic heterocycles. The van der Waals surface area contributed by atoms with Crippen molar-refractivity contribution in [3.8, 4) is 0 Å². The molecule has 0 saturated carbocycles. The summed E-state index contributed by atoms with van der Waals surface area (Å²) in [5.41, 5.74) is -1.21. The van der Waals surface area contributed by atoms with Gasteiger partial charge in [-0.15, -0.1) is 0 Å². The molecule has 0 radical (unpaired) electrons. The highest BCUT2D eigenvalue weighted by Crippen LogP contribution is 2.39. The van der Waals surface area contributed by atoms with Crippen LogP contribution in [0.2, 0.25) is 0 Å². The van der Waals surface area contributed by atoms with E-state index in [2.05, 4.69) is 0 Å². The molecule has 0 aliphatic carbocycles. The van der Waals surface area contributed by atoms with Crippen LogP contribution < -0.4 is 0 Å². The van der Waals surface area contributed by atoms with Gasteiger partial charge in [-0.3, -0.25) is 0 Å². The van der Waals surface area contributed by atoms with E-state index in [1.807, 2.05) is 0 Å². The molecule has 1 aromatic rings. The third-order valence-corrected chi connectivity index (χ3v) is 5.38. The first-order chi connectivity index (χ1) is 10.0. The number of halogens is 3. The number of benzene rings is 1. The molecule has 0 amide bonds. The van der Waals surface area contributed by atoms with Crippen molar-refractivity contribution in [3.05, 3.63) is 29.6 Å². The minimum absolute atomic E-state index is 0.125. The second-order valence-electron chi connectivity index (χ2n) is 5.63. The predicted molar refractivity (Wildman–Crippen MR) is 70.8 cm³/mol. The van der Waals surface area contributed by atoms with Gasteiger partial charge in [0, 0.05) is 24.9 Å². The molecule has 5 nitrogen and oxygen atoms in total. The highest BCUT2D eigenvalue weighted by atomic mass is 32.2. The smallest absolute Gasteiger partial charge is 0.335 e. The third-order valence-electron chi connectivity index (χ3n) is 3.56. The lowest BCUT2D eigenvalue weighted by molar-refractivity contribution is 0.00968. The van der Waals surface area contributed by atoms with Crippen LogP contribution >= 0.6 is 0 Å². The number of rotatable bonds is 5. The van der Waals surface area contributed by atoms with Crippen molar-refractivity contribution in [1.29, 1.82) is 0 Å². The zero-order valence-corrected chi connectivity index (χ0v) is 12.4. The number of sulfonamides is 1. The van der Waals surface area contributed by atoms with E-state index in [0.29, 0.717) is 6.07 Å². The summed E-state index contributed by atoms with van der Waals surface area (Å²) in [7, 11) is -4.16. The molecule has 2 rings (SSSR count). The monoisotopic (exact) mass is 337 g/mol. The molecule has 0 unspecified atom stereocenters. The fraction of sp³-hybridized carbons (Fsp3) is 0.462. The molecule has 1 heterocycles. The summed E-state index contributed by atoms with van der Waals surface area (Å²) in [5, 5.41) is 8.72. The Morgan fingerprint density at radius 2 is 2.00 bits per heavy atom. The zero-order valence-electron chi connectivity index (χ0n) is 11.6. The SMILES string of the molecule is CC1(CC(F)F)CN(S(=O)(=O)c2ccc(C(=O)O)cc2F)C1. The second-order valence-corrected chi connectivity index (χ2v) is 7.54.